The van der Waals surface area contributed by atoms with Crippen LogP contribution < -0.4 is 5.73 Å². The molecule has 118 valence electrons. The molecule has 0 saturated carbocycles. The lowest BCUT2D eigenvalue weighted by molar-refractivity contribution is -0.201. The molecule has 9 heteroatoms. The van der Waals surface area contributed by atoms with Crippen LogP contribution in [0.1, 0.15) is 18.9 Å². The first-order valence-electron chi connectivity index (χ1n) is 5.97. The summed E-state index contributed by atoms with van der Waals surface area (Å²) in [5.74, 6) is -3.71. The molecule has 0 heterocycles. The molecule has 22 heavy (non-hydrogen) atoms. The van der Waals surface area contributed by atoms with Crippen molar-refractivity contribution in [2.45, 2.75) is 19.8 Å². The highest BCUT2D eigenvalue weighted by atomic mass is 35.5. The number of nitrogens with two attached hydrogens (primary N) is 1. The van der Waals surface area contributed by atoms with Crippen LogP contribution in [0.5, 0.6) is 0 Å². The molecule has 0 atom stereocenters. The second-order valence-corrected chi connectivity index (χ2v) is 5.05. The van der Waals surface area contributed by atoms with Gasteiger partial charge in [-0.3, -0.25) is 14.4 Å². The van der Waals surface area contributed by atoms with Crippen LogP contribution in [0.2, 0.25) is 10.0 Å². The molecule has 1 rings (SSSR count). The number of rotatable bonds is 4. The predicted molar refractivity (Wildman–Crippen MR) is 77.6 cm³/mol. The van der Waals surface area contributed by atoms with Crippen molar-refractivity contribution in [3.63, 3.8) is 0 Å². The number of primary amides is 1. The molecule has 3 amide bonds. The van der Waals surface area contributed by atoms with E-state index in [-0.39, 0.29) is 16.5 Å². The van der Waals surface area contributed by atoms with Crippen molar-refractivity contribution in [2.24, 2.45) is 5.73 Å². The Labute approximate surface area is 135 Å². The highest BCUT2D eigenvalue weighted by molar-refractivity contribution is 6.42. The summed E-state index contributed by atoms with van der Waals surface area (Å²) in [5.41, 5.74) is 5.33. The highest BCUT2D eigenvalue weighted by Gasteiger charge is 2.24. The van der Waals surface area contributed by atoms with Crippen molar-refractivity contribution in [3.8, 4) is 0 Å². The molecule has 0 fully saturated rings. The van der Waals surface area contributed by atoms with Crippen LogP contribution in [-0.2, 0) is 30.4 Å². The Morgan fingerprint density at radius 1 is 1.18 bits per heavy atom. The van der Waals surface area contributed by atoms with Crippen molar-refractivity contribution in [1.82, 2.24) is 5.06 Å². The van der Waals surface area contributed by atoms with Gasteiger partial charge in [0.2, 0.25) is 5.91 Å². The number of amides is 3. The van der Waals surface area contributed by atoms with Gasteiger partial charge in [0.1, 0.15) is 6.42 Å². The summed E-state index contributed by atoms with van der Waals surface area (Å²) in [6.45, 7) is 1.01. The molecule has 7 nitrogen and oxygen atoms in total. The van der Waals surface area contributed by atoms with Gasteiger partial charge >= 0.3 is 5.97 Å². The maximum Gasteiger partial charge on any atom is 0.337 e. The van der Waals surface area contributed by atoms with Crippen molar-refractivity contribution in [3.05, 3.63) is 33.8 Å². The SMILES string of the molecule is CC(=O)N(OC(=O)Cc1ccc(Cl)c(Cl)c1)C(=O)CC(N)=O. The van der Waals surface area contributed by atoms with E-state index in [0.717, 1.165) is 6.92 Å². The Kier molecular flexibility index (Phi) is 6.33. The van der Waals surface area contributed by atoms with E-state index in [1.807, 2.05) is 0 Å². The van der Waals surface area contributed by atoms with Gasteiger partial charge in [0, 0.05) is 6.92 Å². The third kappa shape index (κ3) is 5.34. The minimum atomic E-state index is -1.03. The van der Waals surface area contributed by atoms with E-state index < -0.39 is 30.1 Å². The fourth-order valence-electron chi connectivity index (χ4n) is 1.46. The molecule has 2 N–H and O–H groups in total. The molecule has 0 aliphatic heterocycles. The molecule has 0 aliphatic rings. The van der Waals surface area contributed by atoms with E-state index in [9.17, 15) is 19.2 Å². The lowest BCUT2D eigenvalue weighted by Crippen LogP contribution is -2.39. The maximum atomic E-state index is 11.8. The molecule has 0 radical (unpaired) electrons. The number of carbonyl (C=O) groups is 4. The van der Waals surface area contributed by atoms with Crippen LogP contribution in [0.3, 0.4) is 0 Å². The number of carbonyl (C=O) groups excluding carboxylic acids is 4. The number of hydroxylamine groups is 2. The topological polar surface area (TPSA) is 107 Å². The summed E-state index contributed by atoms with van der Waals surface area (Å²) in [4.78, 5) is 50.0. The number of nitrogens with zero attached hydrogens (tertiary/aromatic N) is 1. The van der Waals surface area contributed by atoms with Gasteiger partial charge in [0.15, 0.2) is 0 Å². The predicted octanol–water partition coefficient (Wildman–Crippen LogP) is 1.24. The zero-order chi connectivity index (χ0) is 16.9. The summed E-state index contributed by atoms with van der Waals surface area (Å²) in [7, 11) is 0. The van der Waals surface area contributed by atoms with Gasteiger partial charge in [-0.1, -0.05) is 29.3 Å². The van der Waals surface area contributed by atoms with Crippen molar-refractivity contribution < 1.29 is 24.0 Å². The summed E-state index contributed by atoms with van der Waals surface area (Å²) in [6.07, 6.45) is -0.996. The molecule has 0 spiro atoms. The van der Waals surface area contributed by atoms with Crippen molar-refractivity contribution >= 4 is 46.9 Å². The van der Waals surface area contributed by atoms with Crippen molar-refractivity contribution in [2.75, 3.05) is 0 Å². The van der Waals surface area contributed by atoms with Crippen LogP contribution in [0, 0.1) is 0 Å². The second-order valence-electron chi connectivity index (χ2n) is 4.24. The first kappa shape index (κ1) is 17.9. The smallest absolute Gasteiger partial charge is 0.337 e. The number of benzene rings is 1. The summed E-state index contributed by atoms with van der Waals surface area (Å²) in [5, 5.41) is 0.769. The molecule has 1 aromatic rings. The number of hydrogen-bond acceptors (Lipinski definition) is 5. The van der Waals surface area contributed by atoms with E-state index in [1.54, 1.807) is 6.07 Å². The van der Waals surface area contributed by atoms with Gasteiger partial charge in [0.25, 0.3) is 11.8 Å². The largest absolute Gasteiger partial charge is 0.369 e. The van der Waals surface area contributed by atoms with Gasteiger partial charge in [-0.2, -0.15) is 0 Å². The van der Waals surface area contributed by atoms with Gasteiger partial charge in [-0.25, -0.2) is 4.79 Å². The minimum absolute atomic E-state index is 0.199. The molecule has 0 unspecified atom stereocenters. The summed E-state index contributed by atoms with van der Waals surface area (Å²) < 4.78 is 0. The average molecular weight is 347 g/mol. The Balaban J connectivity index is 2.75. The van der Waals surface area contributed by atoms with E-state index in [4.69, 9.17) is 28.9 Å². The van der Waals surface area contributed by atoms with Gasteiger partial charge < -0.3 is 10.6 Å². The fraction of sp³-hybridized carbons (Fsp3) is 0.231. The zero-order valence-electron chi connectivity index (χ0n) is 11.5. The fourth-order valence-corrected chi connectivity index (χ4v) is 1.78. The third-order valence-electron chi connectivity index (χ3n) is 2.36. The third-order valence-corrected chi connectivity index (χ3v) is 3.10. The van der Waals surface area contributed by atoms with E-state index in [1.165, 1.54) is 12.1 Å². The summed E-state index contributed by atoms with van der Waals surface area (Å²) in [6, 6.07) is 4.49. The van der Waals surface area contributed by atoms with Gasteiger partial charge in [-0.15, -0.1) is 5.06 Å². The first-order chi connectivity index (χ1) is 10.2. The lowest BCUT2D eigenvalue weighted by Gasteiger charge is -2.17. The molecular formula is C13H12Cl2N2O5. The number of imide groups is 1. The molecule has 0 aliphatic carbocycles. The Hall–Kier alpha value is -2.12. The van der Waals surface area contributed by atoms with Crippen molar-refractivity contribution in [1.29, 1.82) is 0 Å². The maximum absolute atomic E-state index is 11.8. The normalized spacial score (nSPS) is 9.95. The van der Waals surface area contributed by atoms with Crippen LogP contribution in [0.4, 0.5) is 0 Å². The molecular weight excluding hydrogens is 335 g/mol. The van der Waals surface area contributed by atoms with E-state index >= 15 is 0 Å². The van der Waals surface area contributed by atoms with Crippen LogP contribution >= 0.6 is 23.2 Å². The monoisotopic (exact) mass is 346 g/mol. The minimum Gasteiger partial charge on any atom is -0.369 e. The molecule has 0 bridgehead atoms. The Bertz CT molecular complexity index is 633. The van der Waals surface area contributed by atoms with E-state index in [0.29, 0.717) is 10.6 Å². The van der Waals surface area contributed by atoms with Gasteiger partial charge in [-0.05, 0) is 17.7 Å². The van der Waals surface area contributed by atoms with E-state index in [2.05, 4.69) is 4.84 Å². The standard InChI is InChI=1S/C13H12Cl2N2O5/c1-7(18)17(12(20)6-11(16)19)22-13(21)5-8-2-3-9(14)10(15)4-8/h2-4H,5-6H2,1H3,(H2,16,19). The zero-order valence-corrected chi connectivity index (χ0v) is 13.0. The Morgan fingerprint density at radius 3 is 2.32 bits per heavy atom. The van der Waals surface area contributed by atoms with Gasteiger partial charge in [0.05, 0.1) is 16.5 Å². The number of hydrogen-bond donors (Lipinski definition) is 1. The molecule has 0 saturated heterocycles. The second kappa shape index (κ2) is 7.77. The van der Waals surface area contributed by atoms with Crippen LogP contribution in [0.25, 0.3) is 0 Å². The lowest BCUT2D eigenvalue weighted by atomic mass is 10.1. The van der Waals surface area contributed by atoms with Crippen LogP contribution in [0.15, 0.2) is 18.2 Å². The summed E-state index contributed by atoms with van der Waals surface area (Å²) >= 11 is 11.6. The number of halogens is 2. The van der Waals surface area contributed by atoms with Crippen LogP contribution in [-0.4, -0.2) is 28.8 Å². The highest BCUT2D eigenvalue weighted by Crippen LogP contribution is 2.22. The molecule has 0 aromatic heterocycles. The quantitative estimate of drug-likeness (QED) is 0.652. The Morgan fingerprint density at radius 2 is 1.82 bits per heavy atom. The molecule has 1 aromatic carbocycles. The average Bonchev–Trinajstić information content (AvgIpc) is 2.39. The first-order valence-corrected chi connectivity index (χ1v) is 6.73.